The zero-order valence-electron chi connectivity index (χ0n) is 9.73. The number of nitrogens with zero attached hydrogens (tertiary/aromatic N) is 2. The lowest BCUT2D eigenvalue weighted by Gasteiger charge is -2.01. The van der Waals surface area contributed by atoms with E-state index in [-0.39, 0.29) is 5.91 Å². The summed E-state index contributed by atoms with van der Waals surface area (Å²) in [7, 11) is 0. The number of amides is 1. The molecule has 0 aliphatic rings. The molecule has 0 unspecified atom stereocenters. The predicted octanol–water partition coefficient (Wildman–Crippen LogP) is 2.11. The zero-order chi connectivity index (χ0) is 11.8. The first-order chi connectivity index (χ1) is 7.74. The highest BCUT2D eigenvalue weighted by Gasteiger charge is 1.99. The number of carbonyl (C=O) groups is 1. The Morgan fingerprint density at radius 1 is 1.44 bits per heavy atom. The molecule has 0 atom stereocenters. The van der Waals surface area contributed by atoms with Gasteiger partial charge in [-0.05, 0) is 25.5 Å². The summed E-state index contributed by atoms with van der Waals surface area (Å²) in [5.74, 6) is -0.0322. The molecule has 0 aliphatic carbocycles. The molecule has 0 aromatic carbocycles. The summed E-state index contributed by atoms with van der Waals surface area (Å²) in [5.41, 5.74) is 4.29. The van der Waals surface area contributed by atoms with Crippen LogP contribution in [0.2, 0.25) is 0 Å². The lowest BCUT2D eigenvalue weighted by Crippen LogP contribution is -2.18. The lowest BCUT2D eigenvalue weighted by atomic mass is 10.2. The fraction of sp³-hybridized carbons (Fsp3) is 0.417. The Labute approximate surface area is 95.8 Å². The fourth-order valence-corrected chi connectivity index (χ4v) is 1.20. The van der Waals surface area contributed by atoms with Gasteiger partial charge in [0.25, 0.3) is 0 Å². The monoisotopic (exact) mass is 219 g/mol. The summed E-state index contributed by atoms with van der Waals surface area (Å²) in [4.78, 5) is 15.2. The maximum atomic E-state index is 11.3. The van der Waals surface area contributed by atoms with E-state index in [4.69, 9.17) is 0 Å². The van der Waals surface area contributed by atoms with Crippen molar-refractivity contribution in [2.75, 3.05) is 0 Å². The highest BCUT2D eigenvalue weighted by atomic mass is 16.2. The topological polar surface area (TPSA) is 54.4 Å². The van der Waals surface area contributed by atoms with Gasteiger partial charge in [0, 0.05) is 24.4 Å². The van der Waals surface area contributed by atoms with Crippen LogP contribution in [-0.4, -0.2) is 16.6 Å². The summed E-state index contributed by atoms with van der Waals surface area (Å²) in [6.45, 7) is 3.91. The van der Waals surface area contributed by atoms with Crippen LogP contribution in [0.1, 0.15) is 38.7 Å². The molecule has 1 N–H and O–H groups in total. The Morgan fingerprint density at radius 2 is 2.12 bits per heavy atom. The number of nitrogens with one attached hydrogen (secondary N) is 1. The van der Waals surface area contributed by atoms with E-state index in [1.54, 1.807) is 12.4 Å². The molecule has 0 fully saturated rings. The molecule has 0 saturated carbocycles. The number of carbonyl (C=O) groups excluding carboxylic acids is 1. The number of hydrogen-bond donors (Lipinski definition) is 1. The fourth-order valence-electron chi connectivity index (χ4n) is 1.20. The van der Waals surface area contributed by atoms with Gasteiger partial charge < -0.3 is 0 Å². The molecule has 4 heteroatoms. The van der Waals surface area contributed by atoms with Crippen LogP contribution in [-0.2, 0) is 4.79 Å². The van der Waals surface area contributed by atoms with E-state index in [9.17, 15) is 4.79 Å². The maximum absolute atomic E-state index is 11.3. The molecular weight excluding hydrogens is 202 g/mol. The quantitative estimate of drug-likeness (QED) is 0.609. The van der Waals surface area contributed by atoms with Gasteiger partial charge in [0.1, 0.15) is 0 Å². The van der Waals surface area contributed by atoms with Crippen LogP contribution >= 0.6 is 0 Å². The SMILES string of the molecule is CCCCC(=O)NN=C(C)c1ccncc1. The van der Waals surface area contributed by atoms with Crippen molar-refractivity contribution in [3.63, 3.8) is 0 Å². The molecular formula is C12H17N3O. The first-order valence-corrected chi connectivity index (χ1v) is 5.47. The molecule has 0 spiro atoms. The lowest BCUT2D eigenvalue weighted by molar-refractivity contribution is -0.121. The number of rotatable bonds is 5. The molecule has 1 aromatic heterocycles. The minimum absolute atomic E-state index is 0.0322. The van der Waals surface area contributed by atoms with Crippen LogP contribution in [0.3, 0.4) is 0 Å². The van der Waals surface area contributed by atoms with Gasteiger partial charge >= 0.3 is 0 Å². The van der Waals surface area contributed by atoms with Gasteiger partial charge in [-0.3, -0.25) is 9.78 Å². The second kappa shape index (κ2) is 6.71. The van der Waals surface area contributed by atoms with Crippen molar-refractivity contribution >= 4 is 11.6 Å². The summed E-state index contributed by atoms with van der Waals surface area (Å²) < 4.78 is 0. The van der Waals surface area contributed by atoms with Gasteiger partial charge in [-0.15, -0.1) is 0 Å². The Morgan fingerprint density at radius 3 is 2.75 bits per heavy atom. The van der Waals surface area contributed by atoms with Crippen molar-refractivity contribution < 1.29 is 4.79 Å². The van der Waals surface area contributed by atoms with Gasteiger partial charge in [0.15, 0.2) is 0 Å². The van der Waals surface area contributed by atoms with Gasteiger partial charge in [-0.1, -0.05) is 13.3 Å². The third kappa shape index (κ3) is 4.21. The van der Waals surface area contributed by atoms with Gasteiger partial charge in [-0.25, -0.2) is 5.43 Å². The first-order valence-electron chi connectivity index (χ1n) is 5.47. The van der Waals surface area contributed by atoms with Gasteiger partial charge in [0.05, 0.1) is 5.71 Å². The molecule has 0 aliphatic heterocycles. The molecule has 16 heavy (non-hydrogen) atoms. The number of hydrogen-bond acceptors (Lipinski definition) is 3. The molecule has 1 amide bonds. The van der Waals surface area contributed by atoms with E-state index in [1.807, 2.05) is 19.1 Å². The first kappa shape index (κ1) is 12.4. The standard InChI is InChI=1S/C12H17N3O/c1-3-4-5-12(16)15-14-10(2)11-6-8-13-9-7-11/h6-9H,3-5H2,1-2H3,(H,15,16). The van der Waals surface area contributed by atoms with Crippen LogP contribution in [0.5, 0.6) is 0 Å². The molecule has 0 saturated heterocycles. The largest absolute Gasteiger partial charge is 0.273 e. The van der Waals surface area contributed by atoms with Crippen LogP contribution in [0.25, 0.3) is 0 Å². The third-order valence-electron chi connectivity index (χ3n) is 2.20. The highest BCUT2D eigenvalue weighted by molar-refractivity contribution is 5.99. The third-order valence-corrected chi connectivity index (χ3v) is 2.20. The van der Waals surface area contributed by atoms with E-state index in [0.29, 0.717) is 6.42 Å². The van der Waals surface area contributed by atoms with Crippen LogP contribution in [0.4, 0.5) is 0 Å². The predicted molar refractivity (Wildman–Crippen MR) is 64.1 cm³/mol. The number of unbranched alkanes of at least 4 members (excludes halogenated alkanes) is 1. The Balaban J connectivity index is 2.48. The average molecular weight is 219 g/mol. The Bertz CT molecular complexity index is 360. The van der Waals surface area contributed by atoms with Gasteiger partial charge in [0.2, 0.25) is 5.91 Å². The van der Waals surface area contributed by atoms with E-state index in [2.05, 4.69) is 22.4 Å². The summed E-state index contributed by atoms with van der Waals surface area (Å²) in [6.07, 6.45) is 5.85. The van der Waals surface area contributed by atoms with Crippen molar-refractivity contribution in [3.05, 3.63) is 30.1 Å². The molecule has 0 bridgehead atoms. The van der Waals surface area contributed by atoms with Crippen LogP contribution in [0.15, 0.2) is 29.6 Å². The minimum Gasteiger partial charge on any atom is -0.273 e. The van der Waals surface area contributed by atoms with E-state index in [0.717, 1.165) is 24.1 Å². The molecule has 0 radical (unpaired) electrons. The second-order valence-electron chi connectivity index (χ2n) is 3.57. The van der Waals surface area contributed by atoms with Gasteiger partial charge in [-0.2, -0.15) is 5.10 Å². The van der Waals surface area contributed by atoms with Crippen LogP contribution < -0.4 is 5.43 Å². The molecule has 86 valence electrons. The highest BCUT2D eigenvalue weighted by Crippen LogP contribution is 1.98. The van der Waals surface area contributed by atoms with E-state index < -0.39 is 0 Å². The Hall–Kier alpha value is -1.71. The normalized spacial score (nSPS) is 11.2. The van der Waals surface area contributed by atoms with Crippen molar-refractivity contribution in [1.82, 2.24) is 10.4 Å². The zero-order valence-corrected chi connectivity index (χ0v) is 9.73. The van der Waals surface area contributed by atoms with Crippen molar-refractivity contribution in [3.8, 4) is 0 Å². The van der Waals surface area contributed by atoms with Crippen molar-refractivity contribution in [2.45, 2.75) is 33.1 Å². The van der Waals surface area contributed by atoms with E-state index >= 15 is 0 Å². The minimum atomic E-state index is -0.0322. The Kier molecular flexibility index (Phi) is 5.19. The summed E-state index contributed by atoms with van der Waals surface area (Å²) >= 11 is 0. The average Bonchev–Trinajstić information content (AvgIpc) is 2.34. The smallest absolute Gasteiger partial charge is 0.240 e. The molecule has 1 aromatic rings. The molecule has 4 nitrogen and oxygen atoms in total. The molecule has 1 heterocycles. The molecule has 1 rings (SSSR count). The number of hydrazone groups is 1. The van der Waals surface area contributed by atoms with Crippen molar-refractivity contribution in [1.29, 1.82) is 0 Å². The number of aromatic nitrogens is 1. The van der Waals surface area contributed by atoms with E-state index in [1.165, 1.54) is 0 Å². The summed E-state index contributed by atoms with van der Waals surface area (Å²) in [6, 6.07) is 3.72. The number of pyridine rings is 1. The maximum Gasteiger partial charge on any atom is 0.240 e. The van der Waals surface area contributed by atoms with Crippen LogP contribution in [0, 0.1) is 0 Å². The second-order valence-corrected chi connectivity index (χ2v) is 3.57. The van der Waals surface area contributed by atoms with Crippen molar-refractivity contribution in [2.24, 2.45) is 5.10 Å². The summed E-state index contributed by atoms with van der Waals surface area (Å²) in [5, 5.41) is 4.04.